The molecular formula is C13H21NO. The van der Waals surface area contributed by atoms with E-state index in [9.17, 15) is 0 Å². The zero-order chi connectivity index (χ0) is 10.9. The molecule has 0 aliphatic rings. The Kier molecular flexibility index (Phi) is 5.86. The van der Waals surface area contributed by atoms with Crippen molar-refractivity contribution < 1.29 is 4.74 Å². The highest BCUT2D eigenvalue weighted by atomic mass is 16.5. The Morgan fingerprint density at radius 1 is 1.27 bits per heavy atom. The molecule has 0 fully saturated rings. The summed E-state index contributed by atoms with van der Waals surface area (Å²) < 4.78 is 5.66. The molecule has 0 saturated carbocycles. The van der Waals surface area contributed by atoms with Crippen LogP contribution in [0.25, 0.3) is 0 Å². The van der Waals surface area contributed by atoms with Crippen molar-refractivity contribution in [3.05, 3.63) is 29.8 Å². The summed E-state index contributed by atoms with van der Waals surface area (Å²) in [5.74, 6) is 0.992. The molecular weight excluding hydrogens is 186 g/mol. The zero-order valence-electron chi connectivity index (χ0n) is 9.75. The van der Waals surface area contributed by atoms with Crippen LogP contribution in [-0.4, -0.2) is 19.7 Å². The highest BCUT2D eigenvalue weighted by Crippen LogP contribution is 2.13. The standard InChI is InChI=1S/C13H21NO/c1-3-12-7-5-8-13(11-12)15-10-6-9-14-4-2/h5,7-8,11,14H,3-4,6,9-10H2,1-2H3. The van der Waals surface area contributed by atoms with Crippen molar-refractivity contribution in [2.45, 2.75) is 26.7 Å². The first-order valence-electron chi connectivity index (χ1n) is 5.79. The zero-order valence-corrected chi connectivity index (χ0v) is 9.75. The molecule has 0 unspecified atom stereocenters. The Labute approximate surface area is 92.6 Å². The minimum atomic E-state index is 0.792. The van der Waals surface area contributed by atoms with Gasteiger partial charge in [0, 0.05) is 0 Å². The van der Waals surface area contributed by atoms with Gasteiger partial charge in [-0.15, -0.1) is 0 Å². The number of rotatable bonds is 7. The monoisotopic (exact) mass is 207 g/mol. The smallest absolute Gasteiger partial charge is 0.119 e. The maximum absolute atomic E-state index is 5.66. The van der Waals surface area contributed by atoms with Crippen LogP contribution in [0.1, 0.15) is 25.8 Å². The van der Waals surface area contributed by atoms with E-state index in [2.05, 4.69) is 37.4 Å². The van der Waals surface area contributed by atoms with Crippen molar-refractivity contribution in [2.75, 3.05) is 19.7 Å². The van der Waals surface area contributed by atoms with Crippen LogP contribution in [0.15, 0.2) is 24.3 Å². The molecule has 0 atom stereocenters. The van der Waals surface area contributed by atoms with Gasteiger partial charge in [-0.25, -0.2) is 0 Å². The average Bonchev–Trinajstić information content (AvgIpc) is 2.29. The predicted molar refractivity (Wildman–Crippen MR) is 64.5 cm³/mol. The fourth-order valence-electron chi connectivity index (χ4n) is 1.42. The second-order valence-corrected chi connectivity index (χ2v) is 3.56. The minimum Gasteiger partial charge on any atom is -0.494 e. The predicted octanol–water partition coefficient (Wildman–Crippen LogP) is 2.63. The quantitative estimate of drug-likeness (QED) is 0.694. The van der Waals surface area contributed by atoms with E-state index in [1.165, 1.54) is 5.56 Å². The van der Waals surface area contributed by atoms with Gasteiger partial charge < -0.3 is 10.1 Å². The first-order chi connectivity index (χ1) is 7.36. The van der Waals surface area contributed by atoms with Gasteiger partial charge in [-0.2, -0.15) is 0 Å². The third-order valence-electron chi connectivity index (χ3n) is 2.32. The van der Waals surface area contributed by atoms with Crippen molar-refractivity contribution in [1.82, 2.24) is 5.32 Å². The molecule has 0 saturated heterocycles. The summed E-state index contributed by atoms with van der Waals surface area (Å²) in [5, 5.41) is 3.28. The number of hydrogen-bond acceptors (Lipinski definition) is 2. The van der Waals surface area contributed by atoms with Gasteiger partial charge >= 0.3 is 0 Å². The van der Waals surface area contributed by atoms with Gasteiger partial charge in [0.05, 0.1) is 6.61 Å². The lowest BCUT2D eigenvalue weighted by atomic mass is 10.2. The van der Waals surface area contributed by atoms with Crippen LogP contribution in [0.2, 0.25) is 0 Å². The molecule has 2 nitrogen and oxygen atoms in total. The van der Waals surface area contributed by atoms with Crippen molar-refractivity contribution >= 4 is 0 Å². The molecule has 0 bridgehead atoms. The summed E-state index contributed by atoms with van der Waals surface area (Å²) in [7, 11) is 0. The second kappa shape index (κ2) is 7.30. The van der Waals surface area contributed by atoms with Crippen LogP contribution in [0.5, 0.6) is 5.75 Å². The van der Waals surface area contributed by atoms with Crippen LogP contribution < -0.4 is 10.1 Å². The highest BCUT2D eigenvalue weighted by molar-refractivity contribution is 5.28. The summed E-state index contributed by atoms with van der Waals surface area (Å²) in [6.45, 7) is 7.13. The molecule has 1 N–H and O–H groups in total. The fraction of sp³-hybridized carbons (Fsp3) is 0.538. The average molecular weight is 207 g/mol. The van der Waals surface area contributed by atoms with E-state index in [0.717, 1.165) is 38.3 Å². The molecule has 1 aromatic rings. The molecule has 2 heteroatoms. The Hall–Kier alpha value is -1.02. The van der Waals surface area contributed by atoms with Crippen LogP contribution in [-0.2, 0) is 6.42 Å². The first-order valence-corrected chi connectivity index (χ1v) is 5.79. The number of aryl methyl sites for hydroxylation is 1. The fourth-order valence-corrected chi connectivity index (χ4v) is 1.42. The van der Waals surface area contributed by atoms with Gasteiger partial charge in [0.25, 0.3) is 0 Å². The second-order valence-electron chi connectivity index (χ2n) is 3.56. The van der Waals surface area contributed by atoms with Crippen molar-refractivity contribution in [1.29, 1.82) is 0 Å². The van der Waals surface area contributed by atoms with Gasteiger partial charge in [-0.05, 0) is 43.6 Å². The topological polar surface area (TPSA) is 21.3 Å². The molecule has 0 radical (unpaired) electrons. The van der Waals surface area contributed by atoms with Crippen molar-refractivity contribution in [3.63, 3.8) is 0 Å². The largest absolute Gasteiger partial charge is 0.494 e. The Morgan fingerprint density at radius 2 is 2.13 bits per heavy atom. The molecule has 0 aliphatic carbocycles. The number of hydrogen-bond donors (Lipinski definition) is 1. The Morgan fingerprint density at radius 3 is 2.87 bits per heavy atom. The van der Waals surface area contributed by atoms with E-state index in [4.69, 9.17) is 4.74 Å². The lowest BCUT2D eigenvalue weighted by molar-refractivity contribution is 0.308. The van der Waals surface area contributed by atoms with E-state index in [1.807, 2.05) is 6.07 Å². The van der Waals surface area contributed by atoms with Crippen LogP contribution in [0.3, 0.4) is 0 Å². The molecule has 0 aromatic heterocycles. The summed E-state index contributed by atoms with van der Waals surface area (Å²) in [6, 6.07) is 8.32. The Bertz CT molecular complexity index is 273. The number of nitrogens with one attached hydrogen (secondary N) is 1. The first kappa shape index (κ1) is 12.1. The van der Waals surface area contributed by atoms with Gasteiger partial charge in [0.15, 0.2) is 0 Å². The van der Waals surface area contributed by atoms with Gasteiger partial charge in [0.1, 0.15) is 5.75 Å². The lowest BCUT2D eigenvalue weighted by Gasteiger charge is -2.07. The molecule has 1 aromatic carbocycles. The summed E-state index contributed by atoms with van der Waals surface area (Å²) in [5.41, 5.74) is 1.33. The van der Waals surface area contributed by atoms with Crippen LogP contribution in [0.4, 0.5) is 0 Å². The van der Waals surface area contributed by atoms with Gasteiger partial charge in [0.2, 0.25) is 0 Å². The summed E-state index contributed by atoms with van der Waals surface area (Å²) in [6.07, 6.45) is 2.12. The van der Waals surface area contributed by atoms with Gasteiger partial charge in [-0.3, -0.25) is 0 Å². The maximum Gasteiger partial charge on any atom is 0.119 e. The van der Waals surface area contributed by atoms with E-state index in [0.29, 0.717) is 0 Å². The van der Waals surface area contributed by atoms with E-state index < -0.39 is 0 Å². The highest BCUT2D eigenvalue weighted by Gasteiger charge is 1.94. The molecule has 84 valence electrons. The molecule has 0 aliphatic heterocycles. The van der Waals surface area contributed by atoms with Crippen molar-refractivity contribution in [2.24, 2.45) is 0 Å². The SMILES string of the molecule is CCNCCCOc1cccc(CC)c1. The number of benzene rings is 1. The summed E-state index contributed by atoms with van der Waals surface area (Å²) in [4.78, 5) is 0. The van der Waals surface area contributed by atoms with E-state index in [1.54, 1.807) is 0 Å². The van der Waals surface area contributed by atoms with Gasteiger partial charge in [-0.1, -0.05) is 26.0 Å². The van der Waals surface area contributed by atoms with E-state index >= 15 is 0 Å². The molecule has 0 amide bonds. The van der Waals surface area contributed by atoms with E-state index in [-0.39, 0.29) is 0 Å². The summed E-state index contributed by atoms with van der Waals surface area (Å²) >= 11 is 0. The number of ether oxygens (including phenoxy) is 1. The molecule has 0 heterocycles. The van der Waals surface area contributed by atoms with Crippen LogP contribution >= 0.6 is 0 Å². The minimum absolute atomic E-state index is 0.792. The lowest BCUT2D eigenvalue weighted by Crippen LogP contribution is -2.16. The normalized spacial score (nSPS) is 10.3. The maximum atomic E-state index is 5.66. The third kappa shape index (κ3) is 4.84. The third-order valence-corrected chi connectivity index (χ3v) is 2.32. The van der Waals surface area contributed by atoms with Crippen molar-refractivity contribution in [3.8, 4) is 5.75 Å². The van der Waals surface area contributed by atoms with Crippen LogP contribution in [0, 0.1) is 0 Å². The Balaban J connectivity index is 2.24. The molecule has 15 heavy (non-hydrogen) atoms. The molecule has 0 spiro atoms. The molecule has 1 rings (SSSR count).